The highest BCUT2D eigenvalue weighted by molar-refractivity contribution is 5.71. The number of esters is 3. The van der Waals surface area contributed by atoms with Gasteiger partial charge in [0.05, 0.1) is 0 Å². The van der Waals surface area contributed by atoms with Gasteiger partial charge < -0.3 is 14.2 Å². The van der Waals surface area contributed by atoms with Crippen molar-refractivity contribution in [3.8, 4) is 0 Å². The van der Waals surface area contributed by atoms with E-state index in [1.807, 2.05) is 0 Å². The van der Waals surface area contributed by atoms with Gasteiger partial charge in [-0.25, -0.2) is 0 Å². The maximum Gasteiger partial charge on any atom is 0.306 e. The van der Waals surface area contributed by atoms with Gasteiger partial charge in [0.1, 0.15) is 13.2 Å². The van der Waals surface area contributed by atoms with Crippen molar-refractivity contribution >= 4 is 17.9 Å². The molecular weight excluding hydrogens is 865 g/mol. The Morgan fingerprint density at radius 1 is 0.286 bits per heavy atom. The molecule has 0 radical (unpaired) electrons. The van der Waals surface area contributed by atoms with Gasteiger partial charge in [-0.1, -0.05) is 318 Å². The van der Waals surface area contributed by atoms with Gasteiger partial charge in [-0.15, -0.1) is 0 Å². The van der Waals surface area contributed by atoms with Gasteiger partial charge in [0.15, 0.2) is 6.10 Å². The molecule has 0 bridgehead atoms. The standard InChI is InChI=1S/C64H124O6/c1-7-60(6)52-46-40-34-28-21-17-12-10-8-9-11-13-18-22-29-35-41-47-53-62(65)68-56-61(70-64(67)55-49-43-37-31-25-24-27-33-39-45-51-59(4)5)57-69-63(66)54-48-42-36-30-23-19-15-14-16-20-26-32-38-44-50-58(2)3/h58-61H,7-57H2,1-6H3/t60?,61-/m0/s1. The first kappa shape index (κ1) is 68.4. The van der Waals surface area contributed by atoms with Crippen molar-refractivity contribution < 1.29 is 28.6 Å². The van der Waals surface area contributed by atoms with E-state index in [2.05, 4.69) is 41.5 Å². The Labute approximate surface area is 438 Å². The fraction of sp³-hybridized carbons (Fsp3) is 0.953. The summed E-state index contributed by atoms with van der Waals surface area (Å²) in [4.78, 5) is 38.3. The van der Waals surface area contributed by atoms with Crippen molar-refractivity contribution in [2.75, 3.05) is 13.2 Å². The van der Waals surface area contributed by atoms with Gasteiger partial charge in [-0.2, -0.15) is 0 Å². The predicted molar refractivity (Wildman–Crippen MR) is 303 cm³/mol. The van der Waals surface area contributed by atoms with Crippen molar-refractivity contribution in [2.45, 2.75) is 362 Å². The van der Waals surface area contributed by atoms with Crippen molar-refractivity contribution in [3.05, 3.63) is 0 Å². The first-order valence-corrected chi connectivity index (χ1v) is 31.6. The zero-order valence-corrected chi connectivity index (χ0v) is 48.3. The molecule has 6 heteroatoms. The van der Waals surface area contributed by atoms with Crippen LogP contribution in [0.5, 0.6) is 0 Å². The Kier molecular flexibility index (Phi) is 53.9. The molecule has 2 atom stereocenters. The van der Waals surface area contributed by atoms with E-state index < -0.39 is 6.10 Å². The highest BCUT2D eigenvalue weighted by atomic mass is 16.6. The van der Waals surface area contributed by atoms with Crippen LogP contribution in [0.25, 0.3) is 0 Å². The van der Waals surface area contributed by atoms with Crippen molar-refractivity contribution in [1.82, 2.24) is 0 Å². The van der Waals surface area contributed by atoms with Gasteiger partial charge in [0.2, 0.25) is 0 Å². The molecule has 0 rings (SSSR count). The molecule has 1 unspecified atom stereocenters. The lowest BCUT2D eigenvalue weighted by atomic mass is 9.99. The van der Waals surface area contributed by atoms with E-state index in [1.54, 1.807) is 0 Å². The highest BCUT2D eigenvalue weighted by Crippen LogP contribution is 2.19. The molecule has 70 heavy (non-hydrogen) atoms. The van der Waals surface area contributed by atoms with Crippen LogP contribution in [0.4, 0.5) is 0 Å². The van der Waals surface area contributed by atoms with Gasteiger partial charge in [0, 0.05) is 19.3 Å². The van der Waals surface area contributed by atoms with Crippen LogP contribution < -0.4 is 0 Å². The van der Waals surface area contributed by atoms with Gasteiger partial charge in [0.25, 0.3) is 0 Å². The maximum atomic E-state index is 12.9. The van der Waals surface area contributed by atoms with Crippen LogP contribution in [-0.4, -0.2) is 37.2 Å². The van der Waals surface area contributed by atoms with Crippen LogP contribution in [0.2, 0.25) is 0 Å². The zero-order valence-electron chi connectivity index (χ0n) is 48.3. The van der Waals surface area contributed by atoms with E-state index >= 15 is 0 Å². The van der Waals surface area contributed by atoms with Crippen molar-refractivity contribution in [3.63, 3.8) is 0 Å². The van der Waals surface area contributed by atoms with E-state index in [1.165, 1.54) is 238 Å². The summed E-state index contributed by atoms with van der Waals surface area (Å²) in [6, 6.07) is 0. The van der Waals surface area contributed by atoms with Crippen LogP contribution in [-0.2, 0) is 28.6 Å². The number of ether oxygens (including phenoxy) is 3. The largest absolute Gasteiger partial charge is 0.462 e. The Bertz CT molecular complexity index is 1090. The van der Waals surface area contributed by atoms with E-state index in [4.69, 9.17) is 14.2 Å². The van der Waals surface area contributed by atoms with Crippen LogP contribution in [0.15, 0.2) is 0 Å². The SMILES string of the molecule is CCC(C)CCCCCCCCCCCCCCCCCCCCC(=O)OC[C@@H](COC(=O)CCCCCCCCCCCCCCCCC(C)C)OC(=O)CCCCCCCCCCCCC(C)C. The minimum atomic E-state index is -0.764. The average Bonchev–Trinajstić information content (AvgIpc) is 3.33. The molecule has 0 N–H and O–H groups in total. The van der Waals surface area contributed by atoms with Crippen molar-refractivity contribution in [1.29, 1.82) is 0 Å². The molecule has 416 valence electrons. The molecule has 0 amide bonds. The van der Waals surface area contributed by atoms with E-state index in [-0.39, 0.29) is 31.1 Å². The minimum absolute atomic E-state index is 0.0630. The first-order valence-electron chi connectivity index (χ1n) is 31.6. The first-order chi connectivity index (χ1) is 34.1. The number of hydrogen-bond acceptors (Lipinski definition) is 6. The topological polar surface area (TPSA) is 78.9 Å². The number of carbonyl (C=O) groups is 3. The zero-order chi connectivity index (χ0) is 51.2. The smallest absolute Gasteiger partial charge is 0.306 e. The summed E-state index contributed by atoms with van der Waals surface area (Å²) in [5.41, 5.74) is 0. The molecule has 6 nitrogen and oxygen atoms in total. The fourth-order valence-electron chi connectivity index (χ4n) is 9.85. The monoisotopic (exact) mass is 989 g/mol. The molecule has 0 fully saturated rings. The quantitative estimate of drug-likeness (QED) is 0.0343. The lowest BCUT2D eigenvalue weighted by molar-refractivity contribution is -0.167. The maximum absolute atomic E-state index is 12.9. The Morgan fingerprint density at radius 2 is 0.500 bits per heavy atom. The number of rotatable bonds is 57. The molecule has 0 heterocycles. The molecule has 0 aliphatic rings. The van der Waals surface area contributed by atoms with Crippen LogP contribution >= 0.6 is 0 Å². The molecule has 0 saturated heterocycles. The second-order valence-electron chi connectivity index (χ2n) is 23.2. The highest BCUT2D eigenvalue weighted by Gasteiger charge is 2.19. The summed E-state index contributed by atoms with van der Waals surface area (Å²) in [6.07, 6.45) is 59.6. The average molecular weight is 990 g/mol. The molecule has 0 aliphatic carbocycles. The Hall–Kier alpha value is -1.59. The molecular formula is C64H124O6. The third kappa shape index (κ3) is 55.7. The minimum Gasteiger partial charge on any atom is -0.462 e. The van der Waals surface area contributed by atoms with Crippen LogP contribution in [0, 0.1) is 17.8 Å². The lowest BCUT2D eigenvalue weighted by Crippen LogP contribution is -2.30. The van der Waals surface area contributed by atoms with E-state index in [0.717, 1.165) is 75.5 Å². The second-order valence-corrected chi connectivity index (χ2v) is 23.2. The van der Waals surface area contributed by atoms with Crippen LogP contribution in [0.3, 0.4) is 0 Å². The summed E-state index contributed by atoms with van der Waals surface area (Å²) in [5, 5.41) is 0. The summed E-state index contributed by atoms with van der Waals surface area (Å²) >= 11 is 0. The Morgan fingerprint density at radius 3 is 0.743 bits per heavy atom. The van der Waals surface area contributed by atoms with Gasteiger partial charge in [-0.3, -0.25) is 14.4 Å². The molecule has 0 spiro atoms. The molecule has 0 aromatic carbocycles. The summed E-state index contributed by atoms with van der Waals surface area (Å²) < 4.78 is 16.9. The Balaban J connectivity index is 4.23. The normalized spacial score (nSPS) is 12.5. The number of hydrogen-bond donors (Lipinski definition) is 0. The molecule has 0 saturated carbocycles. The lowest BCUT2D eigenvalue weighted by Gasteiger charge is -2.18. The summed E-state index contributed by atoms with van der Waals surface area (Å²) in [6.45, 7) is 13.8. The predicted octanol–water partition coefficient (Wildman–Crippen LogP) is 21.1. The second kappa shape index (κ2) is 55.2. The number of carbonyl (C=O) groups excluding carboxylic acids is 3. The van der Waals surface area contributed by atoms with Gasteiger partial charge in [-0.05, 0) is 37.0 Å². The van der Waals surface area contributed by atoms with E-state index in [0.29, 0.717) is 19.3 Å². The third-order valence-electron chi connectivity index (χ3n) is 15.0. The number of unbranched alkanes of at least 4 members (excludes halogenated alkanes) is 39. The molecule has 0 aromatic heterocycles. The molecule has 0 aliphatic heterocycles. The third-order valence-corrected chi connectivity index (χ3v) is 15.0. The van der Waals surface area contributed by atoms with E-state index in [9.17, 15) is 14.4 Å². The van der Waals surface area contributed by atoms with Gasteiger partial charge >= 0.3 is 17.9 Å². The van der Waals surface area contributed by atoms with Crippen LogP contribution in [0.1, 0.15) is 356 Å². The molecule has 0 aromatic rings. The summed E-state index contributed by atoms with van der Waals surface area (Å²) in [7, 11) is 0. The summed E-state index contributed by atoms with van der Waals surface area (Å²) in [5.74, 6) is 1.73. The fourth-order valence-corrected chi connectivity index (χ4v) is 9.85. The van der Waals surface area contributed by atoms with Crippen molar-refractivity contribution in [2.24, 2.45) is 17.8 Å².